The van der Waals surface area contributed by atoms with Crippen molar-refractivity contribution in [2.75, 3.05) is 27.4 Å². The van der Waals surface area contributed by atoms with Crippen molar-refractivity contribution in [2.24, 2.45) is 0 Å². The number of amides is 1. The highest BCUT2D eigenvalue weighted by atomic mass is 79.9. The lowest BCUT2D eigenvalue weighted by Gasteiger charge is -2.35. The van der Waals surface area contributed by atoms with Crippen molar-refractivity contribution in [2.45, 2.75) is 31.7 Å². The summed E-state index contributed by atoms with van der Waals surface area (Å²) in [4.78, 5) is 24.9. The summed E-state index contributed by atoms with van der Waals surface area (Å²) in [6.45, 7) is 2.54. The number of methoxy groups -OCH3 is 2. The number of carbonyl (C=O) groups excluding carboxylic acids is 2. The lowest BCUT2D eigenvalue weighted by Crippen LogP contribution is -2.58. The topological polar surface area (TPSA) is 73.9 Å². The third-order valence-corrected chi connectivity index (χ3v) is 4.99. The van der Waals surface area contributed by atoms with Crippen LogP contribution in [0.2, 0.25) is 0 Å². The molecule has 0 bridgehead atoms. The van der Waals surface area contributed by atoms with E-state index in [0.29, 0.717) is 37.4 Å². The van der Waals surface area contributed by atoms with Gasteiger partial charge in [-0.25, -0.2) is 4.79 Å². The minimum atomic E-state index is -1.04. The van der Waals surface area contributed by atoms with Crippen molar-refractivity contribution in [3.8, 4) is 17.6 Å². The Hall–Kier alpha value is -2.04. The molecule has 7 heteroatoms. The van der Waals surface area contributed by atoms with Crippen LogP contribution in [-0.4, -0.2) is 44.8 Å². The summed E-state index contributed by atoms with van der Waals surface area (Å²) < 4.78 is 16.3. The number of carbonyl (C=O) groups is 2. The zero-order valence-electron chi connectivity index (χ0n) is 15.1. The molecule has 1 fully saturated rings. The zero-order chi connectivity index (χ0) is 19.2. The quantitative estimate of drug-likeness (QED) is 0.580. The maximum Gasteiger partial charge on any atom is 0.331 e. The predicted molar refractivity (Wildman–Crippen MR) is 99.9 cm³/mol. The van der Waals surface area contributed by atoms with Gasteiger partial charge >= 0.3 is 5.97 Å². The highest BCUT2D eigenvalue weighted by Gasteiger charge is 2.42. The molecule has 1 aromatic carbocycles. The van der Waals surface area contributed by atoms with Crippen molar-refractivity contribution >= 4 is 27.8 Å². The van der Waals surface area contributed by atoms with Crippen LogP contribution >= 0.6 is 15.9 Å². The first-order chi connectivity index (χ1) is 12.5. The summed E-state index contributed by atoms with van der Waals surface area (Å²) in [6, 6.07) is 3.63. The smallest absolute Gasteiger partial charge is 0.331 e. The molecule has 0 radical (unpaired) electrons. The molecule has 0 aliphatic carbocycles. The van der Waals surface area contributed by atoms with Gasteiger partial charge in [-0.15, -0.1) is 5.92 Å². The molecule has 140 valence electrons. The second-order valence-corrected chi connectivity index (χ2v) is 6.78. The summed E-state index contributed by atoms with van der Waals surface area (Å²) >= 11 is 3.48. The van der Waals surface area contributed by atoms with E-state index in [-0.39, 0.29) is 12.3 Å². The molecule has 1 amide bonds. The third kappa shape index (κ3) is 4.57. The van der Waals surface area contributed by atoms with Gasteiger partial charge in [-0.3, -0.25) is 4.79 Å². The van der Waals surface area contributed by atoms with Crippen LogP contribution < -0.4 is 10.1 Å². The molecule has 1 aliphatic heterocycles. The fourth-order valence-electron chi connectivity index (χ4n) is 2.95. The molecular weight excluding hydrogens is 402 g/mol. The summed E-state index contributed by atoms with van der Waals surface area (Å²) in [7, 11) is 2.86. The van der Waals surface area contributed by atoms with Crippen LogP contribution in [0.1, 0.15) is 30.9 Å². The van der Waals surface area contributed by atoms with Gasteiger partial charge in [0.2, 0.25) is 5.91 Å². The van der Waals surface area contributed by atoms with Gasteiger partial charge in [-0.2, -0.15) is 0 Å². The molecule has 1 aromatic rings. The minimum absolute atomic E-state index is 0.0587. The number of hydrogen-bond donors (Lipinski definition) is 1. The van der Waals surface area contributed by atoms with E-state index in [1.165, 1.54) is 7.11 Å². The Labute approximate surface area is 161 Å². The fourth-order valence-corrected chi connectivity index (χ4v) is 3.53. The van der Waals surface area contributed by atoms with E-state index < -0.39 is 11.5 Å². The Morgan fingerprint density at radius 2 is 2.00 bits per heavy atom. The van der Waals surface area contributed by atoms with E-state index in [4.69, 9.17) is 14.2 Å². The Balaban J connectivity index is 2.23. The molecule has 0 atom stereocenters. The average molecular weight is 424 g/mol. The number of nitrogens with one attached hydrogen (secondary N) is 1. The molecule has 0 unspecified atom stereocenters. The van der Waals surface area contributed by atoms with Crippen LogP contribution in [0.4, 0.5) is 0 Å². The van der Waals surface area contributed by atoms with E-state index in [0.717, 1.165) is 10.0 Å². The predicted octanol–water partition coefficient (Wildman–Crippen LogP) is 2.21. The first-order valence-corrected chi connectivity index (χ1v) is 9.01. The van der Waals surface area contributed by atoms with Gasteiger partial charge in [-0.05, 0) is 19.1 Å². The Morgan fingerprint density at radius 3 is 2.58 bits per heavy atom. The second kappa shape index (κ2) is 9.06. The molecule has 2 rings (SSSR count). The van der Waals surface area contributed by atoms with Gasteiger partial charge in [0.25, 0.3) is 0 Å². The standard InChI is InChI=1S/C19H22BrNO5/c1-4-5-13-10-15(20)14(16(11-13)24-2)12-17(22)21-19(18(23)25-3)6-8-26-9-7-19/h10-11H,6-9,12H2,1-3H3,(H,21,22). The minimum Gasteiger partial charge on any atom is -0.496 e. The lowest BCUT2D eigenvalue weighted by molar-refractivity contribution is -0.155. The third-order valence-electron chi connectivity index (χ3n) is 4.28. The number of ether oxygens (including phenoxy) is 3. The molecular formula is C19H22BrNO5. The van der Waals surface area contributed by atoms with Crippen LogP contribution in [0.25, 0.3) is 0 Å². The summed E-state index contributed by atoms with van der Waals surface area (Å²) in [6.07, 6.45) is 0.826. The number of hydrogen-bond acceptors (Lipinski definition) is 5. The van der Waals surface area contributed by atoms with E-state index in [9.17, 15) is 9.59 Å². The molecule has 6 nitrogen and oxygen atoms in total. The first-order valence-electron chi connectivity index (χ1n) is 8.22. The summed E-state index contributed by atoms with van der Waals surface area (Å²) in [5.41, 5.74) is 0.437. The number of halogens is 1. The highest BCUT2D eigenvalue weighted by Crippen LogP contribution is 2.30. The van der Waals surface area contributed by atoms with E-state index in [2.05, 4.69) is 33.1 Å². The van der Waals surface area contributed by atoms with Gasteiger partial charge in [-0.1, -0.05) is 21.9 Å². The fraction of sp³-hybridized carbons (Fsp3) is 0.474. The SMILES string of the molecule is CC#Cc1cc(Br)c(CC(=O)NC2(C(=O)OC)CCOCC2)c(OC)c1. The van der Waals surface area contributed by atoms with Crippen molar-refractivity contribution < 1.29 is 23.8 Å². The van der Waals surface area contributed by atoms with Crippen LogP contribution in [0.5, 0.6) is 5.75 Å². The number of benzene rings is 1. The van der Waals surface area contributed by atoms with Gasteiger partial charge in [0.15, 0.2) is 0 Å². The lowest BCUT2D eigenvalue weighted by atomic mass is 9.89. The van der Waals surface area contributed by atoms with Gasteiger partial charge in [0.1, 0.15) is 11.3 Å². The maximum atomic E-state index is 12.7. The number of esters is 1. The molecule has 1 N–H and O–H groups in total. The van der Waals surface area contributed by atoms with E-state index in [1.807, 2.05) is 6.07 Å². The van der Waals surface area contributed by atoms with Gasteiger partial charge in [0, 0.05) is 41.7 Å². The summed E-state index contributed by atoms with van der Waals surface area (Å²) in [5, 5.41) is 2.85. The monoisotopic (exact) mass is 423 g/mol. The molecule has 0 spiro atoms. The van der Waals surface area contributed by atoms with Crippen molar-refractivity contribution in [1.29, 1.82) is 0 Å². The van der Waals surface area contributed by atoms with Crippen molar-refractivity contribution in [1.82, 2.24) is 5.32 Å². The molecule has 1 saturated heterocycles. The first kappa shape index (κ1) is 20.3. The van der Waals surface area contributed by atoms with E-state index in [1.54, 1.807) is 20.1 Å². The largest absolute Gasteiger partial charge is 0.496 e. The second-order valence-electron chi connectivity index (χ2n) is 5.92. The molecule has 1 aliphatic rings. The molecule has 0 saturated carbocycles. The van der Waals surface area contributed by atoms with E-state index >= 15 is 0 Å². The van der Waals surface area contributed by atoms with Crippen LogP contribution in [0.3, 0.4) is 0 Å². The average Bonchev–Trinajstić information content (AvgIpc) is 2.63. The Kier molecular flexibility index (Phi) is 7.06. The highest BCUT2D eigenvalue weighted by molar-refractivity contribution is 9.10. The summed E-state index contributed by atoms with van der Waals surface area (Å²) in [5.74, 6) is 5.62. The Morgan fingerprint density at radius 1 is 1.31 bits per heavy atom. The van der Waals surface area contributed by atoms with Crippen LogP contribution in [-0.2, 0) is 25.5 Å². The molecule has 0 aromatic heterocycles. The zero-order valence-corrected chi connectivity index (χ0v) is 16.7. The maximum absolute atomic E-state index is 12.7. The van der Waals surface area contributed by atoms with Crippen molar-refractivity contribution in [3.63, 3.8) is 0 Å². The van der Waals surface area contributed by atoms with Crippen LogP contribution in [0, 0.1) is 11.8 Å². The van der Waals surface area contributed by atoms with Crippen molar-refractivity contribution in [3.05, 3.63) is 27.7 Å². The molecule has 1 heterocycles. The normalized spacial score (nSPS) is 15.4. The van der Waals surface area contributed by atoms with Crippen LogP contribution in [0.15, 0.2) is 16.6 Å². The van der Waals surface area contributed by atoms with Gasteiger partial charge in [0.05, 0.1) is 20.6 Å². The number of rotatable bonds is 5. The Bertz CT molecular complexity index is 744. The molecule has 26 heavy (non-hydrogen) atoms. The van der Waals surface area contributed by atoms with Gasteiger partial charge < -0.3 is 19.5 Å².